The molecule has 0 unspecified atom stereocenters. The summed E-state index contributed by atoms with van der Waals surface area (Å²) in [6.07, 6.45) is -0.940. The van der Waals surface area contributed by atoms with Gasteiger partial charge in [0.2, 0.25) is 5.91 Å². The maximum atomic E-state index is 12.3. The van der Waals surface area contributed by atoms with Gasteiger partial charge in [-0.2, -0.15) is 0 Å². The van der Waals surface area contributed by atoms with E-state index in [1.54, 1.807) is 27.7 Å². The maximum Gasteiger partial charge on any atom is 0.413 e. The van der Waals surface area contributed by atoms with Gasteiger partial charge in [-0.3, -0.25) is 14.9 Å². The first-order valence-electron chi connectivity index (χ1n) is 7.23. The number of imide groups is 1. The molecule has 0 aliphatic heterocycles. The molecule has 9 heteroatoms. The van der Waals surface area contributed by atoms with Crippen LogP contribution in [0.5, 0.6) is 0 Å². The standard InChI is InChI=1S/C15H20N2O6S/c1-6-23-14(20)10-8(4)9(12(19)17-15(21)22-5)13(24-10)16-11(18)7(2)3/h7H,6H2,1-5H3,(H,16,18)(H,17,19,21). The second-order valence-electron chi connectivity index (χ2n) is 5.07. The van der Waals surface area contributed by atoms with Crippen molar-refractivity contribution in [3.05, 3.63) is 16.0 Å². The lowest BCUT2D eigenvalue weighted by atomic mass is 10.1. The van der Waals surface area contributed by atoms with Crippen LogP contribution in [0.25, 0.3) is 0 Å². The van der Waals surface area contributed by atoms with E-state index >= 15 is 0 Å². The van der Waals surface area contributed by atoms with Crippen LogP contribution in [0.3, 0.4) is 0 Å². The molecule has 3 amide bonds. The van der Waals surface area contributed by atoms with E-state index < -0.39 is 18.0 Å². The van der Waals surface area contributed by atoms with Crippen LogP contribution < -0.4 is 10.6 Å². The van der Waals surface area contributed by atoms with Crippen LogP contribution in [0.1, 0.15) is 46.4 Å². The molecular weight excluding hydrogens is 336 g/mol. The molecule has 0 radical (unpaired) electrons. The number of carbonyl (C=O) groups is 4. The van der Waals surface area contributed by atoms with Crippen LogP contribution in [-0.4, -0.2) is 37.6 Å². The van der Waals surface area contributed by atoms with Crippen LogP contribution in [0.15, 0.2) is 0 Å². The first-order valence-corrected chi connectivity index (χ1v) is 8.05. The van der Waals surface area contributed by atoms with Crippen molar-refractivity contribution in [2.75, 3.05) is 19.0 Å². The van der Waals surface area contributed by atoms with E-state index in [0.29, 0.717) is 5.56 Å². The summed E-state index contributed by atoms with van der Waals surface area (Å²) in [4.78, 5) is 47.7. The molecule has 0 saturated carbocycles. The molecule has 0 fully saturated rings. The summed E-state index contributed by atoms with van der Waals surface area (Å²) in [6, 6.07) is 0. The number of hydrogen-bond acceptors (Lipinski definition) is 7. The second kappa shape index (κ2) is 8.44. The largest absolute Gasteiger partial charge is 0.462 e. The van der Waals surface area contributed by atoms with Gasteiger partial charge >= 0.3 is 12.1 Å². The molecule has 1 heterocycles. The molecule has 1 aromatic heterocycles. The Morgan fingerprint density at radius 1 is 1.21 bits per heavy atom. The summed E-state index contributed by atoms with van der Waals surface area (Å²) in [5.41, 5.74) is 0.348. The van der Waals surface area contributed by atoms with Gasteiger partial charge < -0.3 is 14.8 Å². The number of rotatable bonds is 5. The van der Waals surface area contributed by atoms with Crippen molar-refractivity contribution in [1.82, 2.24) is 5.32 Å². The number of alkyl carbamates (subject to hydrolysis) is 1. The lowest BCUT2D eigenvalue weighted by Crippen LogP contribution is -2.31. The second-order valence-corrected chi connectivity index (χ2v) is 6.09. The van der Waals surface area contributed by atoms with Crippen molar-refractivity contribution < 1.29 is 28.7 Å². The lowest BCUT2D eigenvalue weighted by molar-refractivity contribution is -0.118. The van der Waals surface area contributed by atoms with E-state index in [1.807, 2.05) is 5.32 Å². The van der Waals surface area contributed by atoms with Crippen molar-refractivity contribution >= 4 is 40.2 Å². The molecule has 0 aromatic carbocycles. The van der Waals surface area contributed by atoms with E-state index in [4.69, 9.17) is 4.74 Å². The average Bonchev–Trinajstić information content (AvgIpc) is 2.83. The Hall–Kier alpha value is -2.42. The predicted molar refractivity (Wildman–Crippen MR) is 88.4 cm³/mol. The zero-order valence-corrected chi connectivity index (χ0v) is 15.0. The first kappa shape index (κ1) is 19.6. The van der Waals surface area contributed by atoms with Crippen molar-refractivity contribution in [2.45, 2.75) is 27.7 Å². The van der Waals surface area contributed by atoms with E-state index in [1.165, 1.54) is 0 Å². The van der Waals surface area contributed by atoms with Gasteiger partial charge in [0.15, 0.2) is 0 Å². The number of thiophene rings is 1. The van der Waals surface area contributed by atoms with Crippen molar-refractivity contribution in [1.29, 1.82) is 0 Å². The fourth-order valence-electron chi connectivity index (χ4n) is 1.73. The summed E-state index contributed by atoms with van der Waals surface area (Å²) < 4.78 is 9.33. The quantitative estimate of drug-likeness (QED) is 0.783. The summed E-state index contributed by atoms with van der Waals surface area (Å²) in [7, 11) is 1.12. The number of esters is 1. The number of ether oxygens (including phenoxy) is 2. The minimum Gasteiger partial charge on any atom is -0.462 e. The molecule has 0 aliphatic carbocycles. The van der Waals surface area contributed by atoms with Gasteiger partial charge in [0.25, 0.3) is 5.91 Å². The smallest absolute Gasteiger partial charge is 0.413 e. The fourth-order valence-corrected chi connectivity index (χ4v) is 2.83. The van der Waals surface area contributed by atoms with Gasteiger partial charge in [-0.25, -0.2) is 9.59 Å². The third kappa shape index (κ3) is 4.54. The van der Waals surface area contributed by atoms with Gasteiger partial charge in [-0.15, -0.1) is 11.3 Å². The van der Waals surface area contributed by atoms with Gasteiger partial charge in [0, 0.05) is 5.92 Å². The Morgan fingerprint density at radius 3 is 2.33 bits per heavy atom. The van der Waals surface area contributed by atoms with Gasteiger partial charge in [0.05, 0.1) is 19.3 Å². The SMILES string of the molecule is CCOC(=O)c1sc(NC(=O)C(C)C)c(C(=O)NC(=O)OC)c1C. The van der Waals surface area contributed by atoms with Crippen molar-refractivity contribution in [3.8, 4) is 0 Å². The van der Waals surface area contributed by atoms with E-state index in [9.17, 15) is 19.2 Å². The highest BCUT2D eigenvalue weighted by Crippen LogP contribution is 2.34. The Bertz CT molecular complexity index is 665. The highest BCUT2D eigenvalue weighted by Gasteiger charge is 2.27. The maximum absolute atomic E-state index is 12.3. The normalized spacial score (nSPS) is 10.2. The number of anilines is 1. The number of amides is 3. The third-order valence-corrected chi connectivity index (χ3v) is 4.18. The highest BCUT2D eigenvalue weighted by molar-refractivity contribution is 7.18. The summed E-state index contributed by atoms with van der Waals surface area (Å²) in [5, 5.41) is 4.79. The predicted octanol–water partition coefficient (Wildman–Crippen LogP) is 2.32. The summed E-state index contributed by atoms with van der Waals surface area (Å²) in [5.74, 6) is -2.02. The summed E-state index contributed by atoms with van der Waals surface area (Å²) >= 11 is 0.923. The molecule has 132 valence electrons. The zero-order valence-electron chi connectivity index (χ0n) is 14.1. The van der Waals surface area contributed by atoms with E-state index in [-0.39, 0.29) is 33.9 Å². The molecule has 1 aromatic rings. The van der Waals surface area contributed by atoms with Crippen LogP contribution >= 0.6 is 11.3 Å². The van der Waals surface area contributed by atoms with Gasteiger partial charge in [0.1, 0.15) is 9.88 Å². The van der Waals surface area contributed by atoms with Crippen LogP contribution in [0.4, 0.5) is 9.80 Å². The van der Waals surface area contributed by atoms with Crippen molar-refractivity contribution in [2.24, 2.45) is 5.92 Å². The molecule has 8 nitrogen and oxygen atoms in total. The molecule has 0 spiro atoms. The minimum absolute atomic E-state index is 0.0300. The van der Waals surface area contributed by atoms with Gasteiger partial charge in [-0.1, -0.05) is 13.8 Å². The molecule has 0 bridgehead atoms. The average molecular weight is 356 g/mol. The number of hydrogen-bond donors (Lipinski definition) is 2. The van der Waals surface area contributed by atoms with Crippen LogP contribution in [0, 0.1) is 12.8 Å². The molecule has 1 rings (SSSR count). The minimum atomic E-state index is -0.940. The number of nitrogens with one attached hydrogen (secondary N) is 2. The third-order valence-electron chi connectivity index (χ3n) is 3.00. The molecule has 0 saturated heterocycles. The Kier molecular flexibility index (Phi) is 6.90. The molecule has 0 atom stereocenters. The van der Waals surface area contributed by atoms with E-state index in [2.05, 4.69) is 10.1 Å². The van der Waals surface area contributed by atoms with E-state index in [0.717, 1.165) is 18.4 Å². The molecule has 2 N–H and O–H groups in total. The van der Waals surface area contributed by atoms with Crippen molar-refractivity contribution in [3.63, 3.8) is 0 Å². The van der Waals surface area contributed by atoms with Crippen LogP contribution in [-0.2, 0) is 14.3 Å². The Balaban J connectivity index is 3.30. The molecule has 24 heavy (non-hydrogen) atoms. The Labute approximate surface area is 143 Å². The van der Waals surface area contributed by atoms with Gasteiger partial charge in [-0.05, 0) is 19.4 Å². The monoisotopic (exact) mass is 356 g/mol. The lowest BCUT2D eigenvalue weighted by Gasteiger charge is -2.09. The summed E-state index contributed by atoms with van der Waals surface area (Å²) in [6.45, 7) is 6.76. The number of methoxy groups -OCH3 is 1. The highest BCUT2D eigenvalue weighted by atomic mass is 32.1. The zero-order chi connectivity index (χ0) is 18.4. The first-order chi connectivity index (χ1) is 11.2. The fraction of sp³-hybridized carbons (Fsp3) is 0.467. The number of carbonyl (C=O) groups excluding carboxylic acids is 4. The molecule has 0 aliphatic rings. The Morgan fingerprint density at radius 2 is 1.83 bits per heavy atom. The molecular formula is C15H20N2O6S. The topological polar surface area (TPSA) is 111 Å². The van der Waals surface area contributed by atoms with Crippen LogP contribution in [0.2, 0.25) is 0 Å².